The molecule has 0 spiro atoms. The van der Waals surface area contributed by atoms with Crippen LogP contribution in [0.2, 0.25) is 0 Å². The van der Waals surface area contributed by atoms with Crippen molar-refractivity contribution in [2.45, 2.75) is 0 Å². The van der Waals surface area contributed by atoms with Gasteiger partial charge in [-0.3, -0.25) is 0 Å². The van der Waals surface area contributed by atoms with Crippen LogP contribution >= 0.6 is 0 Å². The average molecular weight is 87.9 g/mol. The molecule has 0 fully saturated rings. The molecule has 3 heteroatoms. The third-order valence-corrected chi connectivity index (χ3v) is 0.492. The number of hydrogen-bond donors (Lipinski definition) is 0. The third kappa shape index (κ3) is 3.98. The predicted molar refractivity (Wildman–Crippen MR) is 26.4 cm³/mol. The van der Waals surface area contributed by atoms with Gasteiger partial charge in [0.2, 0.25) is 0 Å². The van der Waals surface area contributed by atoms with Crippen molar-refractivity contribution in [1.82, 2.24) is 0 Å². The fourth-order valence-corrected chi connectivity index (χ4v) is 0.167. The van der Waals surface area contributed by atoms with Gasteiger partial charge >= 0.3 is 0 Å². The molecule has 0 aliphatic heterocycles. The Kier molecular flexibility index (Phi) is 4.97. The summed E-state index contributed by atoms with van der Waals surface area (Å²) < 4.78 is 9.31. The molecule has 0 bridgehead atoms. The highest BCUT2D eigenvalue weighted by Gasteiger charge is 1.73. The van der Waals surface area contributed by atoms with Crippen LogP contribution in [0.5, 0.6) is 0 Å². The monoisotopic (exact) mass is 88.1 g/mol. The first-order valence-corrected chi connectivity index (χ1v) is 1.89. The van der Waals surface area contributed by atoms with Gasteiger partial charge in [0.05, 0.1) is 13.2 Å². The second-order valence-electron chi connectivity index (χ2n) is 0.986. The molecule has 0 atom stereocenters. The van der Waals surface area contributed by atoms with Gasteiger partial charge in [-0.15, -0.1) is 0 Å². The summed E-state index contributed by atoms with van der Waals surface area (Å²) in [6.07, 6.45) is 0. The molecular formula is C3H9BO2. The highest BCUT2D eigenvalue weighted by atomic mass is 16.5. The Balaban J connectivity index is 2.34. The van der Waals surface area contributed by atoms with Crippen molar-refractivity contribution in [3.8, 4) is 0 Å². The van der Waals surface area contributed by atoms with E-state index in [2.05, 4.69) is 9.39 Å². The molecule has 0 unspecified atom stereocenters. The zero-order chi connectivity index (χ0) is 4.83. The lowest BCUT2D eigenvalue weighted by Crippen LogP contribution is -1.97. The third-order valence-electron chi connectivity index (χ3n) is 0.492. The Labute approximate surface area is 38.9 Å². The topological polar surface area (TPSA) is 18.5 Å². The molecule has 0 rings (SSSR count). The maximum Gasteiger partial charge on any atom is 0.257 e. The minimum Gasteiger partial charge on any atom is -0.442 e. The normalized spacial score (nSPS) is 8.83. The molecule has 0 aliphatic carbocycles. The van der Waals surface area contributed by atoms with Gasteiger partial charge in [-0.25, -0.2) is 0 Å². The van der Waals surface area contributed by atoms with Crippen LogP contribution in [0.1, 0.15) is 0 Å². The summed E-state index contributed by atoms with van der Waals surface area (Å²) in [5, 5.41) is 0. The second-order valence-corrected chi connectivity index (χ2v) is 0.986. The SMILES string of the molecule is BOCCOC. The van der Waals surface area contributed by atoms with E-state index in [1.807, 2.05) is 0 Å². The van der Waals surface area contributed by atoms with E-state index in [4.69, 9.17) is 0 Å². The maximum atomic E-state index is 4.66. The zero-order valence-electron chi connectivity index (χ0n) is 4.23. The Morgan fingerprint density at radius 3 is 2.33 bits per heavy atom. The van der Waals surface area contributed by atoms with Gasteiger partial charge in [0, 0.05) is 7.11 Å². The molecule has 0 saturated heterocycles. The molecule has 0 aromatic rings. The molecule has 0 radical (unpaired) electrons. The summed E-state index contributed by atoms with van der Waals surface area (Å²) in [5.41, 5.74) is 0. The van der Waals surface area contributed by atoms with Crippen molar-refractivity contribution in [1.29, 1.82) is 0 Å². The molecule has 0 amide bonds. The molecule has 0 aliphatic rings. The first kappa shape index (κ1) is 5.98. The van der Waals surface area contributed by atoms with E-state index >= 15 is 0 Å². The summed E-state index contributed by atoms with van der Waals surface area (Å²) in [7, 11) is 3.30. The summed E-state index contributed by atoms with van der Waals surface area (Å²) in [5.74, 6) is 0. The van der Waals surface area contributed by atoms with Gasteiger partial charge in [-0.05, 0) is 0 Å². The molecule has 0 N–H and O–H groups in total. The Morgan fingerprint density at radius 2 is 2.17 bits per heavy atom. The van der Waals surface area contributed by atoms with Crippen LogP contribution in [-0.2, 0) is 9.39 Å². The number of methoxy groups -OCH3 is 1. The van der Waals surface area contributed by atoms with E-state index in [9.17, 15) is 0 Å². The van der Waals surface area contributed by atoms with Crippen molar-refractivity contribution in [2.75, 3.05) is 20.3 Å². The van der Waals surface area contributed by atoms with Crippen molar-refractivity contribution in [2.24, 2.45) is 0 Å². The minimum absolute atomic E-state index is 0.691. The second kappa shape index (κ2) is 4.98. The van der Waals surface area contributed by atoms with Crippen molar-refractivity contribution >= 4 is 8.05 Å². The van der Waals surface area contributed by atoms with Crippen molar-refractivity contribution in [3.63, 3.8) is 0 Å². The molecule has 6 heavy (non-hydrogen) atoms. The van der Waals surface area contributed by atoms with E-state index in [0.717, 1.165) is 0 Å². The molecule has 36 valence electrons. The van der Waals surface area contributed by atoms with Gasteiger partial charge in [0.25, 0.3) is 8.05 Å². The molecule has 0 heterocycles. The molecule has 0 aromatic carbocycles. The van der Waals surface area contributed by atoms with Crippen LogP contribution in [0.3, 0.4) is 0 Å². The first-order chi connectivity index (χ1) is 2.91. The number of hydrogen-bond acceptors (Lipinski definition) is 2. The van der Waals surface area contributed by atoms with E-state index in [1.165, 1.54) is 0 Å². The molecule has 2 nitrogen and oxygen atoms in total. The van der Waals surface area contributed by atoms with Crippen LogP contribution in [-0.4, -0.2) is 28.4 Å². The quantitative estimate of drug-likeness (QED) is 0.332. The van der Waals surface area contributed by atoms with Crippen LogP contribution in [0.15, 0.2) is 0 Å². The number of ether oxygens (including phenoxy) is 1. The van der Waals surface area contributed by atoms with Crippen LogP contribution < -0.4 is 0 Å². The number of rotatable bonds is 3. The summed E-state index contributed by atoms with van der Waals surface area (Å²) in [6.45, 7) is 1.38. The molecule has 0 saturated carbocycles. The van der Waals surface area contributed by atoms with Gasteiger partial charge in [-0.1, -0.05) is 0 Å². The standard InChI is InChI=1S/C3H9BO2/c1-5-2-3-6-4/h2-4H2,1H3. The lowest BCUT2D eigenvalue weighted by Gasteiger charge is -1.92. The van der Waals surface area contributed by atoms with Crippen LogP contribution in [0.4, 0.5) is 0 Å². The van der Waals surface area contributed by atoms with Crippen molar-refractivity contribution in [3.05, 3.63) is 0 Å². The lowest BCUT2D eigenvalue weighted by atomic mass is 10.6. The van der Waals surface area contributed by atoms with Crippen molar-refractivity contribution < 1.29 is 9.39 Å². The van der Waals surface area contributed by atoms with Crippen LogP contribution in [0, 0.1) is 0 Å². The van der Waals surface area contributed by atoms with E-state index in [1.54, 1.807) is 15.2 Å². The van der Waals surface area contributed by atoms with Crippen LogP contribution in [0.25, 0.3) is 0 Å². The van der Waals surface area contributed by atoms with E-state index < -0.39 is 0 Å². The average Bonchev–Trinajstić information content (AvgIpc) is 1.61. The predicted octanol–water partition coefficient (Wildman–Crippen LogP) is -0.803. The first-order valence-electron chi connectivity index (χ1n) is 1.89. The van der Waals surface area contributed by atoms with Gasteiger partial charge in [0.1, 0.15) is 0 Å². The Bertz CT molecular complexity index is 20.8. The lowest BCUT2D eigenvalue weighted by molar-refractivity contribution is 0.152. The summed E-state index contributed by atoms with van der Waals surface area (Å²) >= 11 is 0. The zero-order valence-corrected chi connectivity index (χ0v) is 4.23. The fraction of sp³-hybridized carbons (Fsp3) is 1.00. The summed E-state index contributed by atoms with van der Waals surface area (Å²) in [4.78, 5) is 0. The fourth-order valence-electron chi connectivity index (χ4n) is 0.167. The minimum atomic E-state index is 0.691. The highest BCUT2D eigenvalue weighted by Crippen LogP contribution is 1.64. The van der Waals surface area contributed by atoms with Gasteiger partial charge in [0.15, 0.2) is 0 Å². The van der Waals surface area contributed by atoms with E-state index in [0.29, 0.717) is 13.2 Å². The maximum absolute atomic E-state index is 4.66. The largest absolute Gasteiger partial charge is 0.442 e. The summed E-state index contributed by atoms with van der Waals surface area (Å²) in [6, 6.07) is 0. The van der Waals surface area contributed by atoms with Gasteiger partial charge < -0.3 is 9.39 Å². The highest BCUT2D eigenvalue weighted by molar-refractivity contribution is 5.97. The Hall–Kier alpha value is -0.0151. The van der Waals surface area contributed by atoms with Gasteiger partial charge in [-0.2, -0.15) is 0 Å². The smallest absolute Gasteiger partial charge is 0.257 e. The molecular weight excluding hydrogens is 78.8 g/mol. The van der Waals surface area contributed by atoms with E-state index in [-0.39, 0.29) is 0 Å². The Morgan fingerprint density at radius 1 is 1.50 bits per heavy atom. The molecule has 0 aromatic heterocycles.